The molecule has 2 aromatic heterocycles. The highest BCUT2D eigenvalue weighted by Gasteiger charge is 2.30. The first-order valence-corrected chi connectivity index (χ1v) is 10.9. The molecule has 2 atom stereocenters. The summed E-state index contributed by atoms with van der Waals surface area (Å²) in [6.07, 6.45) is 0.695. The van der Waals surface area contributed by atoms with Crippen LogP contribution in [0, 0.1) is 0 Å². The Labute approximate surface area is 187 Å². The number of benzene rings is 1. The van der Waals surface area contributed by atoms with Gasteiger partial charge in [0.05, 0.1) is 35.6 Å². The number of hydrogen-bond donors (Lipinski definition) is 0. The van der Waals surface area contributed by atoms with E-state index in [1.165, 1.54) is 21.2 Å². The molecular weight excluding hydrogens is 434 g/mol. The Kier molecular flexibility index (Phi) is 5.55. The number of carbonyl (C=O) groups excluding carboxylic acids is 3. The molecular formula is C22H21N3O6S. The van der Waals surface area contributed by atoms with Gasteiger partial charge in [-0.2, -0.15) is 0 Å². The van der Waals surface area contributed by atoms with E-state index < -0.39 is 23.7 Å². The van der Waals surface area contributed by atoms with E-state index in [2.05, 4.69) is 4.98 Å². The maximum atomic E-state index is 13.2. The Hall–Kier alpha value is -3.53. The van der Waals surface area contributed by atoms with Crippen molar-refractivity contribution in [2.45, 2.75) is 32.9 Å². The fraction of sp³-hybridized carbons (Fsp3) is 0.318. The molecule has 0 saturated carbocycles. The third-order valence-electron chi connectivity index (χ3n) is 5.40. The summed E-state index contributed by atoms with van der Waals surface area (Å²) in [5.41, 5.74) is 0.438. The molecule has 1 aliphatic heterocycles. The zero-order chi connectivity index (χ0) is 23.2. The van der Waals surface area contributed by atoms with Crippen molar-refractivity contribution < 1.29 is 23.9 Å². The second kappa shape index (κ2) is 8.19. The van der Waals surface area contributed by atoms with Crippen LogP contribution in [0.4, 0.5) is 5.69 Å². The molecule has 10 heteroatoms. The lowest BCUT2D eigenvalue weighted by Gasteiger charge is -2.30. The van der Waals surface area contributed by atoms with Crippen molar-refractivity contribution in [2.75, 3.05) is 18.6 Å². The number of amides is 1. The molecule has 166 valence electrons. The molecule has 3 aromatic rings. The van der Waals surface area contributed by atoms with E-state index in [9.17, 15) is 19.2 Å². The van der Waals surface area contributed by atoms with Crippen LogP contribution in [0.3, 0.4) is 0 Å². The number of Topliss-reactive ketones (excluding diaryl/α,β-unsaturated/α-hetero) is 1. The third-order valence-corrected chi connectivity index (χ3v) is 6.28. The lowest BCUT2D eigenvalue weighted by molar-refractivity contribution is -0.125. The van der Waals surface area contributed by atoms with Crippen LogP contribution < -0.4 is 15.2 Å². The summed E-state index contributed by atoms with van der Waals surface area (Å²) >= 11 is 1.16. The molecule has 0 radical (unpaired) electrons. The quantitative estimate of drug-likeness (QED) is 0.430. The van der Waals surface area contributed by atoms with Crippen LogP contribution in [0.2, 0.25) is 0 Å². The highest BCUT2D eigenvalue weighted by Crippen LogP contribution is 2.34. The average Bonchev–Trinajstić information content (AvgIpc) is 3.22. The smallest absolute Gasteiger partial charge is 0.339 e. The highest BCUT2D eigenvalue weighted by atomic mass is 32.1. The third kappa shape index (κ3) is 3.46. The van der Waals surface area contributed by atoms with Gasteiger partial charge in [0, 0.05) is 18.0 Å². The van der Waals surface area contributed by atoms with Crippen LogP contribution in [0.1, 0.15) is 47.5 Å². The summed E-state index contributed by atoms with van der Waals surface area (Å²) in [7, 11) is 1.62. The minimum Gasteiger partial charge on any atom is -0.479 e. The van der Waals surface area contributed by atoms with E-state index in [-0.39, 0.29) is 29.2 Å². The van der Waals surface area contributed by atoms with Crippen LogP contribution >= 0.6 is 11.3 Å². The van der Waals surface area contributed by atoms with Gasteiger partial charge in [0.2, 0.25) is 0 Å². The largest absolute Gasteiger partial charge is 0.479 e. The topological polar surface area (TPSA) is 108 Å². The predicted octanol–water partition coefficient (Wildman–Crippen LogP) is 2.82. The number of ether oxygens (including phenoxy) is 2. The Morgan fingerprint density at radius 2 is 2.06 bits per heavy atom. The standard InChI is InChI=1S/C22H21N3O6S/c1-5-30-22(29)14-9-32-19-17(14)21(28)25(10-23-19)11(2)18(26)13-6-7-16-15(8-13)24(4)20(27)12(3)31-16/h6-12H,5H2,1-4H3. The van der Waals surface area contributed by atoms with Crippen LogP contribution in [0.25, 0.3) is 10.2 Å². The fourth-order valence-corrected chi connectivity index (χ4v) is 4.48. The second-order valence-corrected chi connectivity index (χ2v) is 8.25. The van der Waals surface area contributed by atoms with Gasteiger partial charge in [-0.3, -0.25) is 19.0 Å². The molecule has 1 aliphatic rings. The fourth-order valence-electron chi connectivity index (χ4n) is 3.61. The first-order valence-electron chi connectivity index (χ1n) is 10.0. The van der Waals surface area contributed by atoms with Gasteiger partial charge >= 0.3 is 5.97 Å². The summed E-state index contributed by atoms with van der Waals surface area (Å²) in [4.78, 5) is 56.9. The number of fused-ring (bicyclic) bond motifs is 2. The number of likely N-dealkylation sites (N-methyl/N-ethyl adjacent to an activating group) is 1. The van der Waals surface area contributed by atoms with E-state index in [0.717, 1.165) is 11.3 Å². The zero-order valence-electron chi connectivity index (χ0n) is 17.9. The molecule has 0 N–H and O–H groups in total. The van der Waals surface area contributed by atoms with Crippen LogP contribution in [0.15, 0.2) is 34.7 Å². The highest BCUT2D eigenvalue weighted by molar-refractivity contribution is 7.17. The Morgan fingerprint density at radius 3 is 2.78 bits per heavy atom. The van der Waals surface area contributed by atoms with Crippen LogP contribution in [-0.4, -0.2) is 47.0 Å². The van der Waals surface area contributed by atoms with Crippen molar-refractivity contribution >= 4 is 44.9 Å². The molecule has 32 heavy (non-hydrogen) atoms. The molecule has 0 aliphatic carbocycles. The number of thiophene rings is 1. The number of aromatic nitrogens is 2. The van der Waals surface area contributed by atoms with Crippen molar-refractivity contribution in [3.05, 3.63) is 51.4 Å². The summed E-state index contributed by atoms with van der Waals surface area (Å²) in [6, 6.07) is 3.91. The Balaban J connectivity index is 1.72. The number of hydrogen-bond acceptors (Lipinski definition) is 8. The van der Waals surface area contributed by atoms with Gasteiger partial charge in [-0.25, -0.2) is 9.78 Å². The van der Waals surface area contributed by atoms with Crippen molar-refractivity contribution in [1.82, 2.24) is 9.55 Å². The normalized spacial score (nSPS) is 16.4. The van der Waals surface area contributed by atoms with Crippen molar-refractivity contribution in [2.24, 2.45) is 0 Å². The number of carbonyl (C=O) groups is 3. The second-order valence-electron chi connectivity index (χ2n) is 7.39. The number of nitrogens with zero attached hydrogens (tertiary/aromatic N) is 3. The molecule has 0 fully saturated rings. The first kappa shape index (κ1) is 21.7. The molecule has 1 amide bonds. The van der Waals surface area contributed by atoms with Gasteiger partial charge < -0.3 is 14.4 Å². The Bertz CT molecular complexity index is 1310. The number of anilines is 1. The van der Waals surface area contributed by atoms with Gasteiger partial charge in [-0.1, -0.05) is 0 Å². The molecule has 2 unspecified atom stereocenters. The van der Waals surface area contributed by atoms with Crippen molar-refractivity contribution in [3.63, 3.8) is 0 Å². The minimum atomic E-state index is -0.892. The first-order chi connectivity index (χ1) is 15.2. The molecule has 4 rings (SSSR count). The lowest BCUT2D eigenvalue weighted by atomic mass is 10.0. The predicted molar refractivity (Wildman–Crippen MR) is 119 cm³/mol. The summed E-state index contributed by atoms with van der Waals surface area (Å²) in [5.74, 6) is -0.666. The van der Waals surface area contributed by atoms with Crippen molar-refractivity contribution in [3.8, 4) is 5.75 Å². The molecule has 0 spiro atoms. The van der Waals surface area contributed by atoms with E-state index >= 15 is 0 Å². The van der Waals surface area contributed by atoms with Gasteiger partial charge in [0.25, 0.3) is 11.5 Å². The van der Waals surface area contributed by atoms with E-state index in [0.29, 0.717) is 21.8 Å². The molecule has 0 bridgehead atoms. The maximum absolute atomic E-state index is 13.2. The number of esters is 1. The van der Waals surface area contributed by atoms with Gasteiger partial charge in [0.15, 0.2) is 11.9 Å². The monoisotopic (exact) mass is 455 g/mol. The van der Waals surface area contributed by atoms with Gasteiger partial charge in [0.1, 0.15) is 10.6 Å². The minimum absolute atomic E-state index is 0.133. The lowest BCUT2D eigenvalue weighted by Crippen LogP contribution is -2.42. The summed E-state index contributed by atoms with van der Waals surface area (Å²) in [5, 5.41) is 1.67. The Morgan fingerprint density at radius 1 is 1.31 bits per heavy atom. The molecule has 0 saturated heterocycles. The summed E-state index contributed by atoms with van der Waals surface area (Å²) in [6.45, 7) is 5.10. The molecule has 3 heterocycles. The zero-order valence-corrected chi connectivity index (χ0v) is 18.8. The van der Waals surface area contributed by atoms with E-state index in [1.807, 2.05) is 0 Å². The summed E-state index contributed by atoms with van der Waals surface area (Å²) < 4.78 is 11.8. The van der Waals surface area contributed by atoms with Crippen LogP contribution in [0.5, 0.6) is 5.75 Å². The number of rotatable bonds is 5. The molecule has 1 aromatic carbocycles. The van der Waals surface area contributed by atoms with Crippen molar-refractivity contribution in [1.29, 1.82) is 0 Å². The van der Waals surface area contributed by atoms with E-state index in [1.54, 1.807) is 46.0 Å². The van der Waals surface area contributed by atoms with Gasteiger partial charge in [-0.15, -0.1) is 11.3 Å². The molecule has 9 nitrogen and oxygen atoms in total. The average molecular weight is 455 g/mol. The number of ketones is 1. The van der Waals surface area contributed by atoms with Crippen LogP contribution in [-0.2, 0) is 9.53 Å². The SMILES string of the molecule is CCOC(=O)c1csc2ncn(C(C)C(=O)c3ccc4c(c3)N(C)C(=O)C(C)O4)c(=O)c12. The maximum Gasteiger partial charge on any atom is 0.339 e. The van der Waals surface area contributed by atoms with Gasteiger partial charge in [-0.05, 0) is 39.0 Å². The van der Waals surface area contributed by atoms with E-state index in [4.69, 9.17) is 9.47 Å².